The first-order valence-electron chi connectivity index (χ1n) is 11.9. The van der Waals surface area contributed by atoms with Crippen LogP contribution in [0.5, 0.6) is 0 Å². The largest absolute Gasteiger partial charge is 0.349 e. The van der Waals surface area contributed by atoms with Gasteiger partial charge in [-0.25, -0.2) is 0 Å². The third-order valence-corrected chi connectivity index (χ3v) is 6.74. The summed E-state index contributed by atoms with van der Waals surface area (Å²) in [6, 6.07) is 14.1. The van der Waals surface area contributed by atoms with Crippen LogP contribution in [0.2, 0.25) is 0 Å². The molecular weight excluding hydrogens is 376 g/mol. The summed E-state index contributed by atoms with van der Waals surface area (Å²) in [5, 5.41) is 0. The summed E-state index contributed by atoms with van der Waals surface area (Å²) in [5.74, 6) is 0. The molecule has 0 aromatic heterocycles. The van der Waals surface area contributed by atoms with Crippen LogP contribution in [0.15, 0.2) is 36.4 Å². The third-order valence-electron chi connectivity index (χ3n) is 6.74. The first-order valence-corrected chi connectivity index (χ1v) is 11.9. The van der Waals surface area contributed by atoms with Crippen molar-refractivity contribution < 1.29 is 0 Å². The second-order valence-corrected chi connectivity index (χ2v) is 12.5. The highest BCUT2D eigenvalue weighted by Gasteiger charge is 2.34. The molecule has 0 amide bonds. The van der Waals surface area contributed by atoms with Crippen LogP contribution in [0.25, 0.3) is 0 Å². The number of nitrogens with zero attached hydrogens (tertiary/aromatic N) is 2. The van der Waals surface area contributed by atoms with Crippen molar-refractivity contribution in [2.75, 3.05) is 22.9 Å². The number of benzene rings is 2. The molecule has 1 saturated heterocycles. The summed E-state index contributed by atoms with van der Waals surface area (Å²) in [5.41, 5.74) is 8.79. The smallest absolute Gasteiger partial charge is 0.0988 e. The Morgan fingerprint density at radius 1 is 0.645 bits per heavy atom. The van der Waals surface area contributed by atoms with E-state index in [1.165, 1.54) is 33.6 Å². The molecule has 31 heavy (non-hydrogen) atoms. The van der Waals surface area contributed by atoms with E-state index in [1.807, 2.05) is 0 Å². The molecule has 0 saturated carbocycles. The minimum absolute atomic E-state index is 0.110. The highest BCUT2D eigenvalue weighted by Crippen LogP contribution is 2.41. The van der Waals surface area contributed by atoms with Gasteiger partial charge in [-0.3, -0.25) is 0 Å². The fourth-order valence-corrected chi connectivity index (χ4v) is 4.78. The van der Waals surface area contributed by atoms with E-state index in [2.05, 4.69) is 122 Å². The average molecular weight is 421 g/mol. The molecule has 2 heteroatoms. The van der Waals surface area contributed by atoms with Gasteiger partial charge < -0.3 is 9.80 Å². The van der Waals surface area contributed by atoms with Gasteiger partial charge in [-0.1, -0.05) is 86.6 Å². The summed E-state index contributed by atoms with van der Waals surface area (Å²) < 4.78 is 0. The molecule has 170 valence electrons. The van der Waals surface area contributed by atoms with Gasteiger partial charge in [-0.2, -0.15) is 0 Å². The van der Waals surface area contributed by atoms with E-state index in [0.717, 1.165) is 13.1 Å². The molecule has 2 aromatic carbocycles. The Hall–Kier alpha value is -1.96. The molecule has 3 rings (SSSR count). The molecular formula is C29H44N2. The SMILES string of the molecule is Cc1ccc(C(C)(C)C)c(N2CCN(c3cc(C(C)(C)C)ccc3C(C)(C)C)[C@H]2C)c1. The van der Waals surface area contributed by atoms with Crippen LogP contribution in [0.1, 0.15) is 91.5 Å². The number of anilines is 2. The lowest BCUT2D eigenvalue weighted by Gasteiger charge is -2.36. The van der Waals surface area contributed by atoms with E-state index in [9.17, 15) is 0 Å². The fourth-order valence-electron chi connectivity index (χ4n) is 4.78. The lowest BCUT2D eigenvalue weighted by Crippen LogP contribution is -2.38. The van der Waals surface area contributed by atoms with Crippen molar-refractivity contribution in [2.24, 2.45) is 0 Å². The molecule has 0 radical (unpaired) electrons. The van der Waals surface area contributed by atoms with Gasteiger partial charge in [0.05, 0.1) is 6.17 Å². The summed E-state index contributed by atoms with van der Waals surface area (Å²) in [7, 11) is 0. The van der Waals surface area contributed by atoms with Gasteiger partial charge in [0.2, 0.25) is 0 Å². The van der Waals surface area contributed by atoms with Gasteiger partial charge in [0, 0.05) is 24.5 Å². The molecule has 1 aliphatic rings. The third kappa shape index (κ3) is 4.78. The van der Waals surface area contributed by atoms with Crippen molar-refractivity contribution in [2.45, 2.75) is 98.6 Å². The first-order chi connectivity index (χ1) is 14.1. The van der Waals surface area contributed by atoms with Crippen molar-refractivity contribution in [3.8, 4) is 0 Å². The highest BCUT2D eigenvalue weighted by atomic mass is 15.4. The molecule has 0 spiro atoms. The Morgan fingerprint density at radius 3 is 1.55 bits per heavy atom. The van der Waals surface area contributed by atoms with E-state index in [1.54, 1.807) is 0 Å². The van der Waals surface area contributed by atoms with Crippen LogP contribution in [-0.2, 0) is 16.2 Å². The highest BCUT2D eigenvalue weighted by molar-refractivity contribution is 5.66. The predicted octanol–water partition coefficient (Wildman–Crippen LogP) is 7.56. The Morgan fingerprint density at radius 2 is 1.10 bits per heavy atom. The van der Waals surface area contributed by atoms with Crippen LogP contribution in [0, 0.1) is 6.92 Å². The molecule has 2 nitrogen and oxygen atoms in total. The summed E-state index contributed by atoms with van der Waals surface area (Å²) in [4.78, 5) is 5.24. The molecule has 0 N–H and O–H groups in total. The molecule has 1 atom stereocenters. The molecule has 1 heterocycles. The minimum Gasteiger partial charge on any atom is -0.349 e. The van der Waals surface area contributed by atoms with Gasteiger partial charge in [-0.05, 0) is 64.5 Å². The zero-order valence-electron chi connectivity index (χ0n) is 21.9. The molecule has 1 aliphatic heterocycles. The van der Waals surface area contributed by atoms with E-state index in [0.29, 0.717) is 6.17 Å². The van der Waals surface area contributed by atoms with Gasteiger partial charge >= 0.3 is 0 Å². The monoisotopic (exact) mass is 420 g/mol. The number of aryl methyl sites for hydroxylation is 1. The van der Waals surface area contributed by atoms with Crippen LogP contribution < -0.4 is 9.80 Å². The molecule has 0 unspecified atom stereocenters. The van der Waals surface area contributed by atoms with Gasteiger partial charge in [-0.15, -0.1) is 0 Å². The summed E-state index contributed by atoms with van der Waals surface area (Å²) in [6.45, 7) is 27.6. The van der Waals surface area contributed by atoms with Crippen molar-refractivity contribution in [1.29, 1.82) is 0 Å². The van der Waals surface area contributed by atoms with Crippen molar-refractivity contribution >= 4 is 11.4 Å². The van der Waals surface area contributed by atoms with Gasteiger partial charge in [0.25, 0.3) is 0 Å². The maximum atomic E-state index is 2.63. The van der Waals surface area contributed by atoms with E-state index < -0.39 is 0 Å². The Kier molecular flexibility index (Phi) is 6.02. The minimum atomic E-state index is 0.110. The maximum absolute atomic E-state index is 2.63. The Balaban J connectivity index is 2.08. The van der Waals surface area contributed by atoms with Crippen LogP contribution >= 0.6 is 0 Å². The standard InChI is InChI=1S/C29H44N2/c1-20-12-14-23(28(6,7)8)25(18-20)30-16-17-31(21(30)2)26-19-22(27(3,4)5)13-15-24(26)29(9,10)11/h12-15,18-19,21H,16-17H2,1-11H3/t21-/m0/s1. The number of rotatable bonds is 2. The van der Waals surface area contributed by atoms with Gasteiger partial charge in [0.1, 0.15) is 0 Å². The van der Waals surface area contributed by atoms with Crippen molar-refractivity contribution in [3.63, 3.8) is 0 Å². The zero-order chi connectivity index (χ0) is 23.4. The first kappa shape index (κ1) is 23.7. The van der Waals surface area contributed by atoms with E-state index >= 15 is 0 Å². The summed E-state index contributed by atoms with van der Waals surface area (Å²) >= 11 is 0. The Labute approximate surface area is 191 Å². The van der Waals surface area contributed by atoms with Crippen LogP contribution in [-0.4, -0.2) is 19.3 Å². The summed E-state index contributed by atoms with van der Waals surface area (Å²) in [6.07, 6.45) is 0.319. The average Bonchev–Trinajstić information content (AvgIpc) is 2.99. The van der Waals surface area contributed by atoms with E-state index in [-0.39, 0.29) is 16.2 Å². The van der Waals surface area contributed by atoms with Crippen molar-refractivity contribution in [3.05, 3.63) is 58.7 Å². The fraction of sp³-hybridized carbons (Fsp3) is 0.586. The lowest BCUT2D eigenvalue weighted by molar-refractivity contribution is 0.571. The number of hydrogen-bond donors (Lipinski definition) is 0. The second-order valence-electron chi connectivity index (χ2n) is 12.5. The Bertz CT molecular complexity index is 935. The second kappa shape index (κ2) is 7.87. The lowest BCUT2D eigenvalue weighted by atomic mass is 9.80. The molecule has 0 bridgehead atoms. The topological polar surface area (TPSA) is 6.48 Å². The van der Waals surface area contributed by atoms with Crippen molar-refractivity contribution in [1.82, 2.24) is 0 Å². The van der Waals surface area contributed by atoms with Crippen LogP contribution in [0.3, 0.4) is 0 Å². The quantitative estimate of drug-likeness (QED) is 0.494. The number of hydrogen-bond acceptors (Lipinski definition) is 2. The van der Waals surface area contributed by atoms with E-state index in [4.69, 9.17) is 0 Å². The normalized spacial score (nSPS) is 18.1. The predicted molar refractivity (Wildman–Crippen MR) is 138 cm³/mol. The van der Waals surface area contributed by atoms with Gasteiger partial charge in [0.15, 0.2) is 0 Å². The molecule has 0 aliphatic carbocycles. The zero-order valence-corrected chi connectivity index (χ0v) is 21.9. The molecule has 1 fully saturated rings. The maximum Gasteiger partial charge on any atom is 0.0988 e. The molecule has 2 aromatic rings. The van der Waals surface area contributed by atoms with Crippen LogP contribution in [0.4, 0.5) is 11.4 Å².